The van der Waals surface area contributed by atoms with Crippen molar-refractivity contribution in [3.8, 4) is 6.07 Å². The molecule has 0 aromatic heterocycles. The first-order valence-corrected chi connectivity index (χ1v) is 9.01. The number of carbonyl (C=O) groups excluding carboxylic acids is 1. The highest BCUT2D eigenvalue weighted by atomic mass is 32.2. The lowest BCUT2D eigenvalue weighted by Gasteiger charge is -2.38. The standard InChI is InChI=1S/C16H16FNO3S/c17-15-5-4-10(6-12(15)9-18)16(19)11-7-13-2-1-3-14(8-11)22(13,20)21/h4-6,11,13-14H,1-3,7-8H2. The summed E-state index contributed by atoms with van der Waals surface area (Å²) in [6.45, 7) is 0. The molecule has 116 valence electrons. The smallest absolute Gasteiger partial charge is 0.166 e. The van der Waals surface area contributed by atoms with Crippen LogP contribution in [0.4, 0.5) is 4.39 Å². The molecule has 6 heteroatoms. The molecule has 2 fully saturated rings. The van der Waals surface area contributed by atoms with Crippen LogP contribution in [0, 0.1) is 23.1 Å². The van der Waals surface area contributed by atoms with Gasteiger partial charge in [-0.05, 0) is 43.9 Å². The van der Waals surface area contributed by atoms with Crippen LogP contribution in [0.2, 0.25) is 0 Å². The summed E-state index contributed by atoms with van der Waals surface area (Å²) in [5, 5.41) is 8.00. The molecule has 2 atom stereocenters. The maximum atomic E-state index is 13.4. The van der Waals surface area contributed by atoms with Gasteiger partial charge in [-0.1, -0.05) is 6.42 Å². The zero-order valence-corrected chi connectivity index (χ0v) is 12.8. The fourth-order valence-electron chi connectivity index (χ4n) is 3.62. The Morgan fingerprint density at radius 1 is 1.23 bits per heavy atom. The van der Waals surface area contributed by atoms with Crippen LogP contribution >= 0.6 is 0 Å². The fourth-order valence-corrected chi connectivity index (χ4v) is 6.16. The highest BCUT2D eigenvalue weighted by Crippen LogP contribution is 2.40. The lowest BCUT2D eigenvalue weighted by atomic mass is 9.84. The number of nitriles is 1. The van der Waals surface area contributed by atoms with E-state index >= 15 is 0 Å². The Hall–Kier alpha value is -1.74. The third kappa shape index (κ3) is 2.44. The predicted molar refractivity (Wildman–Crippen MR) is 78.5 cm³/mol. The lowest BCUT2D eigenvalue weighted by Crippen LogP contribution is -2.45. The third-order valence-electron chi connectivity index (χ3n) is 4.82. The summed E-state index contributed by atoms with van der Waals surface area (Å²) < 4.78 is 37.8. The van der Waals surface area contributed by atoms with Crippen LogP contribution in [0.25, 0.3) is 0 Å². The molecular formula is C16H16FNO3S. The highest BCUT2D eigenvalue weighted by Gasteiger charge is 2.46. The van der Waals surface area contributed by atoms with Crippen molar-refractivity contribution in [3.63, 3.8) is 0 Å². The molecule has 0 spiro atoms. The van der Waals surface area contributed by atoms with Crippen molar-refractivity contribution >= 4 is 15.6 Å². The molecule has 0 saturated carbocycles. The van der Waals surface area contributed by atoms with Gasteiger partial charge in [-0.3, -0.25) is 4.79 Å². The van der Waals surface area contributed by atoms with Crippen LogP contribution in [0.1, 0.15) is 48.0 Å². The Morgan fingerprint density at radius 2 is 1.86 bits per heavy atom. The van der Waals surface area contributed by atoms with Crippen LogP contribution in [0.3, 0.4) is 0 Å². The van der Waals surface area contributed by atoms with Gasteiger partial charge in [0.15, 0.2) is 15.6 Å². The molecule has 0 N–H and O–H groups in total. The van der Waals surface area contributed by atoms with Crippen molar-refractivity contribution in [3.05, 3.63) is 35.1 Å². The van der Waals surface area contributed by atoms with Crippen LogP contribution in [-0.2, 0) is 9.84 Å². The normalized spacial score (nSPS) is 29.5. The van der Waals surface area contributed by atoms with E-state index in [1.54, 1.807) is 6.07 Å². The lowest BCUT2D eigenvalue weighted by molar-refractivity contribution is 0.0894. The summed E-state index contributed by atoms with van der Waals surface area (Å²) in [5.41, 5.74) is 0.134. The average Bonchev–Trinajstić information content (AvgIpc) is 2.46. The summed E-state index contributed by atoms with van der Waals surface area (Å²) in [6, 6.07) is 5.47. The van der Waals surface area contributed by atoms with Crippen molar-refractivity contribution in [2.24, 2.45) is 5.92 Å². The minimum Gasteiger partial charge on any atom is -0.294 e. The molecule has 0 amide bonds. The first-order chi connectivity index (χ1) is 10.4. The SMILES string of the molecule is N#Cc1cc(C(=O)C2CC3CCCC(C2)S3(=O)=O)ccc1F. The molecule has 2 bridgehead atoms. The van der Waals surface area contributed by atoms with E-state index < -0.39 is 26.2 Å². The molecule has 22 heavy (non-hydrogen) atoms. The second kappa shape index (κ2) is 5.47. The monoisotopic (exact) mass is 321 g/mol. The molecule has 2 unspecified atom stereocenters. The van der Waals surface area contributed by atoms with E-state index in [2.05, 4.69) is 0 Å². The van der Waals surface area contributed by atoms with Crippen LogP contribution in [0.15, 0.2) is 18.2 Å². The van der Waals surface area contributed by atoms with Gasteiger partial charge in [0, 0.05) is 11.5 Å². The Balaban J connectivity index is 1.87. The number of rotatable bonds is 2. The van der Waals surface area contributed by atoms with Crippen molar-refractivity contribution in [2.45, 2.75) is 42.6 Å². The Morgan fingerprint density at radius 3 is 2.45 bits per heavy atom. The minimum absolute atomic E-state index is 0.158. The molecule has 0 radical (unpaired) electrons. The maximum Gasteiger partial charge on any atom is 0.166 e. The number of fused-ring (bicyclic) bond motifs is 2. The largest absolute Gasteiger partial charge is 0.294 e. The number of benzene rings is 1. The Kier molecular flexibility index (Phi) is 3.77. The summed E-state index contributed by atoms with van der Waals surface area (Å²) in [7, 11) is -3.10. The van der Waals surface area contributed by atoms with Gasteiger partial charge in [0.1, 0.15) is 11.9 Å². The number of Topliss-reactive ketones (excluding diaryl/α,β-unsaturated/α-hetero) is 1. The van der Waals surface area contributed by atoms with Gasteiger partial charge in [-0.2, -0.15) is 5.26 Å². The van der Waals surface area contributed by atoms with Gasteiger partial charge in [0.2, 0.25) is 0 Å². The zero-order valence-electron chi connectivity index (χ0n) is 12.0. The molecule has 2 aliphatic rings. The molecule has 2 aliphatic heterocycles. The summed E-state index contributed by atoms with van der Waals surface area (Å²) in [4.78, 5) is 12.6. The number of hydrogen-bond donors (Lipinski definition) is 0. The maximum absolute atomic E-state index is 13.4. The minimum atomic E-state index is -3.10. The number of ketones is 1. The average molecular weight is 321 g/mol. The van der Waals surface area contributed by atoms with Gasteiger partial charge in [0.25, 0.3) is 0 Å². The predicted octanol–water partition coefficient (Wildman–Crippen LogP) is 2.63. The number of halogens is 1. The topological polar surface area (TPSA) is 75.0 Å². The quantitative estimate of drug-likeness (QED) is 0.785. The zero-order chi connectivity index (χ0) is 15.9. The molecule has 1 aromatic rings. The Labute approximate surface area is 128 Å². The van der Waals surface area contributed by atoms with Crippen LogP contribution in [-0.4, -0.2) is 24.7 Å². The van der Waals surface area contributed by atoms with Crippen LogP contribution in [0.5, 0.6) is 0 Å². The number of hydrogen-bond acceptors (Lipinski definition) is 4. The summed E-state index contributed by atoms with van der Waals surface area (Å²) in [6.07, 6.45) is 2.82. The van der Waals surface area contributed by atoms with Crippen molar-refractivity contribution in [2.75, 3.05) is 0 Å². The first-order valence-electron chi connectivity index (χ1n) is 7.40. The highest BCUT2D eigenvalue weighted by molar-refractivity contribution is 7.92. The van der Waals surface area contributed by atoms with E-state index in [1.807, 2.05) is 0 Å². The molecular weight excluding hydrogens is 305 g/mol. The van der Waals surface area contributed by atoms with E-state index in [-0.39, 0.29) is 17.3 Å². The molecule has 4 nitrogen and oxygen atoms in total. The molecule has 2 heterocycles. The van der Waals surface area contributed by atoms with Crippen molar-refractivity contribution in [1.29, 1.82) is 5.26 Å². The molecule has 3 rings (SSSR count). The molecule has 1 aromatic carbocycles. The summed E-state index contributed by atoms with van der Waals surface area (Å²) in [5.74, 6) is -1.18. The third-order valence-corrected chi connectivity index (χ3v) is 7.53. The van der Waals surface area contributed by atoms with Gasteiger partial charge < -0.3 is 0 Å². The second-order valence-corrected chi connectivity index (χ2v) is 8.61. The van der Waals surface area contributed by atoms with E-state index in [9.17, 15) is 17.6 Å². The fraction of sp³-hybridized carbons (Fsp3) is 0.500. The van der Waals surface area contributed by atoms with E-state index in [1.165, 1.54) is 12.1 Å². The van der Waals surface area contributed by atoms with Crippen LogP contribution < -0.4 is 0 Å². The summed E-state index contributed by atoms with van der Waals surface area (Å²) >= 11 is 0. The van der Waals surface area contributed by atoms with Gasteiger partial charge >= 0.3 is 0 Å². The number of nitrogens with zero attached hydrogens (tertiary/aromatic N) is 1. The van der Waals surface area contributed by atoms with E-state index in [0.717, 1.165) is 12.5 Å². The molecule has 0 aliphatic carbocycles. The number of sulfone groups is 1. The van der Waals surface area contributed by atoms with Gasteiger partial charge in [-0.15, -0.1) is 0 Å². The second-order valence-electron chi connectivity index (χ2n) is 6.10. The van der Waals surface area contributed by atoms with Crippen molar-refractivity contribution in [1.82, 2.24) is 0 Å². The van der Waals surface area contributed by atoms with E-state index in [0.29, 0.717) is 31.2 Å². The van der Waals surface area contributed by atoms with Gasteiger partial charge in [0.05, 0.1) is 16.1 Å². The van der Waals surface area contributed by atoms with E-state index in [4.69, 9.17) is 5.26 Å². The molecule has 2 saturated heterocycles. The first kappa shape index (κ1) is 15.2. The Bertz CT molecular complexity index is 746. The van der Waals surface area contributed by atoms with Gasteiger partial charge in [-0.25, -0.2) is 12.8 Å². The number of carbonyl (C=O) groups is 1. The van der Waals surface area contributed by atoms with Crippen molar-refractivity contribution < 1.29 is 17.6 Å².